The fourth-order valence-corrected chi connectivity index (χ4v) is 5.40. The Labute approximate surface area is 277 Å². The normalized spacial score (nSPS) is 11.7. The average Bonchev–Trinajstić information content (AvgIpc) is 3.14. The predicted molar refractivity (Wildman–Crippen MR) is 129 cm³/mol. The first kappa shape index (κ1) is 36.9. The van der Waals surface area contributed by atoms with Crippen molar-refractivity contribution in [3.8, 4) is 11.4 Å². The van der Waals surface area contributed by atoms with E-state index in [2.05, 4.69) is 24.7 Å². The van der Waals surface area contributed by atoms with Crippen LogP contribution >= 0.6 is 12.3 Å². The number of rotatable bonds is 12. The minimum atomic E-state index is -4.64. The van der Waals surface area contributed by atoms with Gasteiger partial charge in [-0.25, -0.2) is 21.5 Å². The molecule has 0 aliphatic rings. The summed E-state index contributed by atoms with van der Waals surface area (Å²) in [6.45, 7) is 2.80. The van der Waals surface area contributed by atoms with Crippen LogP contribution in [0.3, 0.4) is 0 Å². The summed E-state index contributed by atoms with van der Waals surface area (Å²) in [6, 6.07) is 7.39. The van der Waals surface area contributed by atoms with Crippen LogP contribution in [0, 0.1) is 13.8 Å². The van der Waals surface area contributed by atoms with Crippen LogP contribution in [0.5, 0.6) is 5.75 Å². The topological polar surface area (TPSA) is 214 Å². The van der Waals surface area contributed by atoms with Crippen molar-refractivity contribution in [2.75, 3.05) is 19.5 Å². The van der Waals surface area contributed by atoms with Crippen LogP contribution in [-0.4, -0.2) is 50.6 Å². The largest absolute Gasteiger partial charge is 1.00 e. The molecular formula is C20H20N4Na2O11S3. The first-order valence-electron chi connectivity index (χ1n) is 10.3. The van der Waals surface area contributed by atoms with Crippen LogP contribution in [0.1, 0.15) is 11.3 Å². The van der Waals surface area contributed by atoms with E-state index in [1.54, 1.807) is 6.92 Å². The molecule has 2 aromatic carbocycles. The Balaban J connectivity index is 0.00000400. The molecule has 0 atom stereocenters. The average molecular weight is 635 g/mol. The van der Waals surface area contributed by atoms with Crippen LogP contribution < -0.4 is 74.7 Å². The third-order valence-corrected chi connectivity index (χ3v) is 8.07. The molecule has 1 heterocycles. The maximum atomic E-state index is 12.9. The fraction of sp³-hybridized carbons (Fsp3) is 0.250. The molecule has 0 unspecified atom stereocenters. The van der Waals surface area contributed by atoms with E-state index in [4.69, 9.17) is 8.92 Å². The van der Waals surface area contributed by atoms with Crippen LogP contribution in [0.15, 0.2) is 61.2 Å². The van der Waals surface area contributed by atoms with Crippen LogP contribution in [0.4, 0.5) is 11.4 Å². The molecule has 3 aromatic rings. The molecule has 0 aliphatic carbocycles. The van der Waals surface area contributed by atoms with Crippen molar-refractivity contribution in [2.24, 2.45) is 10.2 Å². The number of aromatic amines is 1. The quantitative estimate of drug-likeness (QED) is 0.0381. The van der Waals surface area contributed by atoms with Gasteiger partial charge in [0.2, 0.25) is 0 Å². The van der Waals surface area contributed by atoms with Gasteiger partial charge in [0.15, 0.2) is 27.8 Å². The number of benzene rings is 2. The second-order valence-corrected chi connectivity index (χ2v) is 11.5. The van der Waals surface area contributed by atoms with E-state index in [1.807, 2.05) is 0 Å². The smallest absolute Gasteiger partial charge is 0.744 e. The minimum Gasteiger partial charge on any atom is -0.744 e. The van der Waals surface area contributed by atoms with Gasteiger partial charge in [-0.15, -0.1) is 14.6 Å². The van der Waals surface area contributed by atoms with Crippen LogP contribution in [-0.2, 0) is 33.5 Å². The zero-order valence-corrected chi connectivity index (χ0v) is 28.4. The Kier molecular flexibility index (Phi) is 14.7. The van der Waals surface area contributed by atoms with E-state index in [-0.39, 0.29) is 106 Å². The van der Waals surface area contributed by atoms with Crippen molar-refractivity contribution in [3.05, 3.63) is 58.0 Å². The zero-order valence-electron chi connectivity index (χ0n) is 21.9. The molecule has 3 rings (SSSR count). The molecule has 1 N–H and O–H groups in total. The summed E-state index contributed by atoms with van der Waals surface area (Å²) >= 11 is 0.194. The molecule has 1 aromatic heterocycles. The molecule has 0 saturated carbocycles. The number of hydrogen-bond acceptors (Lipinski definition) is 14. The molecule has 0 amide bonds. The Bertz CT molecular complexity index is 1610. The van der Waals surface area contributed by atoms with E-state index in [0.717, 1.165) is 16.8 Å². The van der Waals surface area contributed by atoms with Gasteiger partial charge in [0.25, 0.3) is 5.56 Å². The molecule has 0 radical (unpaired) electrons. The summed E-state index contributed by atoms with van der Waals surface area (Å²) in [5.74, 6) is -0.365. The van der Waals surface area contributed by atoms with E-state index in [1.165, 1.54) is 38.3 Å². The molecule has 0 spiro atoms. The monoisotopic (exact) mass is 634 g/mol. The summed E-state index contributed by atoms with van der Waals surface area (Å²) in [6.07, 6.45) is 0. The number of H-pyrrole nitrogens is 1. The van der Waals surface area contributed by atoms with Gasteiger partial charge in [-0.1, -0.05) is 0 Å². The maximum Gasteiger partial charge on any atom is 1.00 e. The van der Waals surface area contributed by atoms with Gasteiger partial charge in [0.05, 0.1) is 40.6 Å². The number of ether oxygens (including phenoxy) is 1. The number of methoxy groups -OCH3 is 1. The SMILES string of the molecule is COc1cc(S(=O)(=O)CCOSOO[O-])c(C)cc1N=Nc1c(C)[nH]n(-c2ccc(S(=O)(=O)[O-])cc2)c1=O.[Na+].[Na+]. The third-order valence-electron chi connectivity index (χ3n) is 5.03. The zero-order chi connectivity index (χ0) is 28.1. The van der Waals surface area contributed by atoms with Gasteiger partial charge in [0.1, 0.15) is 21.6 Å². The van der Waals surface area contributed by atoms with E-state index in [9.17, 15) is 31.4 Å². The molecule has 20 heteroatoms. The Morgan fingerprint density at radius 2 is 1.70 bits per heavy atom. The van der Waals surface area contributed by atoms with Crippen molar-refractivity contribution in [3.63, 3.8) is 0 Å². The van der Waals surface area contributed by atoms with Gasteiger partial charge < -0.3 is 14.5 Å². The maximum absolute atomic E-state index is 12.9. The number of azo groups is 1. The number of hydrogen-bond donors (Lipinski definition) is 1. The van der Waals surface area contributed by atoms with E-state index in [0.29, 0.717) is 11.3 Å². The molecule has 0 saturated heterocycles. The van der Waals surface area contributed by atoms with Crippen LogP contribution in [0.25, 0.3) is 5.69 Å². The van der Waals surface area contributed by atoms with Crippen molar-refractivity contribution >= 4 is 43.7 Å². The summed E-state index contributed by atoms with van der Waals surface area (Å²) < 4.78 is 73.8. The fourth-order valence-electron chi connectivity index (χ4n) is 3.25. The number of aromatic nitrogens is 2. The second kappa shape index (κ2) is 15.9. The van der Waals surface area contributed by atoms with E-state index >= 15 is 0 Å². The van der Waals surface area contributed by atoms with Gasteiger partial charge in [-0.3, -0.25) is 19.1 Å². The van der Waals surface area contributed by atoms with Crippen LogP contribution in [0.2, 0.25) is 0 Å². The van der Waals surface area contributed by atoms with E-state index < -0.39 is 36.2 Å². The van der Waals surface area contributed by atoms with Gasteiger partial charge in [0, 0.05) is 6.07 Å². The standard InChI is InChI=1S/C20H22N4O11S3.2Na/c1-12-10-16(17(32-3)11-18(12)37(27,28)9-8-33-36-35-34-26)21-22-19-13(2)23-24(20(19)25)14-4-6-15(7-5-14)38(29,30)31;;/h4-7,10-11,23,26H,8-9H2,1-3H3,(H,29,30,31);;/q;2*+1/p-2. The molecule has 40 heavy (non-hydrogen) atoms. The summed E-state index contributed by atoms with van der Waals surface area (Å²) in [5.41, 5.74) is 0.378. The van der Waals surface area contributed by atoms with Gasteiger partial charge >= 0.3 is 59.1 Å². The molecule has 206 valence electrons. The first-order valence-corrected chi connectivity index (χ1v) is 14.1. The number of nitrogens with one attached hydrogen (secondary N) is 1. The molecule has 0 aliphatic heterocycles. The van der Waals surface area contributed by atoms with Crippen molar-refractivity contribution in [1.29, 1.82) is 0 Å². The van der Waals surface area contributed by atoms with Crippen molar-refractivity contribution < 1.29 is 104 Å². The molecule has 0 fully saturated rings. The predicted octanol–water partition coefficient (Wildman–Crippen LogP) is -4.30. The Hall–Kier alpha value is -1.10. The van der Waals surface area contributed by atoms with Crippen molar-refractivity contribution in [1.82, 2.24) is 9.78 Å². The van der Waals surface area contributed by atoms with Crippen molar-refractivity contribution in [2.45, 2.75) is 23.6 Å². The minimum absolute atomic E-state index is 0. The third kappa shape index (κ3) is 9.20. The Morgan fingerprint density at radius 3 is 2.27 bits per heavy atom. The number of nitrogens with zero attached hydrogens (tertiary/aromatic N) is 3. The van der Waals surface area contributed by atoms with Gasteiger partial charge in [-0.05, 0) is 49.7 Å². The van der Waals surface area contributed by atoms with Gasteiger partial charge in [-0.2, -0.15) is 0 Å². The summed E-state index contributed by atoms with van der Waals surface area (Å²) in [7, 11) is -7.17. The summed E-state index contributed by atoms with van der Waals surface area (Å²) in [4.78, 5) is 12.4. The molecule has 0 bridgehead atoms. The molecular weight excluding hydrogens is 614 g/mol. The number of aryl methyl sites for hydroxylation is 2. The first-order chi connectivity index (χ1) is 17.9. The summed E-state index contributed by atoms with van der Waals surface area (Å²) in [5, 5.41) is 23.7. The Morgan fingerprint density at radius 1 is 1.05 bits per heavy atom. The second-order valence-electron chi connectivity index (χ2n) is 7.51. The number of sulfone groups is 1. The molecule has 15 nitrogen and oxygen atoms in total.